The molecule has 0 bridgehead atoms. The molecule has 0 fully saturated rings. The van der Waals surface area contributed by atoms with E-state index in [0.717, 1.165) is 15.8 Å². The predicted octanol–water partition coefficient (Wildman–Crippen LogP) is 2.81. The molecule has 0 spiro atoms. The van der Waals surface area contributed by atoms with Crippen molar-refractivity contribution in [1.29, 1.82) is 5.26 Å². The Balaban J connectivity index is 2.41. The minimum absolute atomic E-state index is 0.125. The summed E-state index contributed by atoms with van der Waals surface area (Å²) in [5.74, 6) is -0.330. The van der Waals surface area contributed by atoms with Gasteiger partial charge in [-0.1, -0.05) is 0 Å². The van der Waals surface area contributed by atoms with E-state index in [1.54, 1.807) is 18.0 Å². The van der Waals surface area contributed by atoms with Crippen LogP contribution in [0.4, 0.5) is 5.69 Å². The van der Waals surface area contributed by atoms with Gasteiger partial charge in [-0.3, -0.25) is 4.79 Å². The Kier molecular flexibility index (Phi) is 4.43. The van der Waals surface area contributed by atoms with Gasteiger partial charge in [-0.25, -0.2) is 4.98 Å². The molecule has 6 heteroatoms. The van der Waals surface area contributed by atoms with E-state index >= 15 is 0 Å². The molecule has 0 aromatic carbocycles. The van der Waals surface area contributed by atoms with Crippen molar-refractivity contribution >= 4 is 33.1 Å². The summed E-state index contributed by atoms with van der Waals surface area (Å²) in [4.78, 5) is 19.9. The van der Waals surface area contributed by atoms with Crippen LogP contribution in [0.15, 0.2) is 12.3 Å². The number of amides is 1. The number of aryl methyl sites for hydroxylation is 1. The van der Waals surface area contributed by atoms with Crippen LogP contribution in [0.2, 0.25) is 0 Å². The minimum Gasteiger partial charge on any atom is -0.397 e. The maximum atomic E-state index is 12.6. The fourth-order valence-corrected chi connectivity index (χ4v) is 3.34. The second-order valence-electron chi connectivity index (χ2n) is 5.03. The van der Waals surface area contributed by atoms with E-state index in [-0.39, 0.29) is 11.8 Å². The van der Waals surface area contributed by atoms with Gasteiger partial charge in [-0.2, -0.15) is 5.26 Å². The van der Waals surface area contributed by atoms with E-state index in [1.165, 1.54) is 11.3 Å². The van der Waals surface area contributed by atoms with Crippen LogP contribution in [0.1, 0.15) is 29.1 Å². The van der Waals surface area contributed by atoms with E-state index < -0.39 is 0 Å². The maximum absolute atomic E-state index is 12.6. The average molecular weight is 302 g/mol. The third kappa shape index (κ3) is 2.83. The molecule has 1 unspecified atom stereocenters. The van der Waals surface area contributed by atoms with Gasteiger partial charge in [0.2, 0.25) is 0 Å². The lowest BCUT2D eigenvalue weighted by molar-refractivity contribution is 0.0758. The van der Waals surface area contributed by atoms with Crippen LogP contribution in [-0.4, -0.2) is 28.9 Å². The van der Waals surface area contributed by atoms with Crippen LogP contribution < -0.4 is 5.73 Å². The van der Waals surface area contributed by atoms with Gasteiger partial charge in [0.25, 0.3) is 5.91 Å². The molecule has 0 saturated heterocycles. The number of thiophene rings is 1. The summed E-state index contributed by atoms with van der Waals surface area (Å²) < 4.78 is 0. The highest BCUT2D eigenvalue weighted by molar-refractivity contribution is 7.21. The zero-order valence-corrected chi connectivity index (χ0v) is 13.2. The Hall–Kier alpha value is -2.13. The van der Waals surface area contributed by atoms with Gasteiger partial charge in [-0.15, -0.1) is 11.3 Å². The molecule has 2 N–H and O–H groups in total. The normalized spacial score (nSPS) is 12.1. The Labute approximate surface area is 128 Å². The Bertz CT molecular complexity index is 716. The molecular weight excluding hydrogens is 284 g/mol. The molecular formula is C15H18N4OS. The van der Waals surface area contributed by atoms with Crippen LogP contribution in [0, 0.1) is 24.2 Å². The van der Waals surface area contributed by atoms with Gasteiger partial charge < -0.3 is 10.6 Å². The van der Waals surface area contributed by atoms with Crippen LogP contribution in [0.5, 0.6) is 0 Å². The van der Waals surface area contributed by atoms with Crippen LogP contribution in [0.25, 0.3) is 10.2 Å². The fraction of sp³-hybridized carbons (Fsp3) is 0.400. The molecule has 1 atom stereocenters. The molecule has 2 aromatic heterocycles. The number of aromatic nitrogens is 1. The summed E-state index contributed by atoms with van der Waals surface area (Å²) in [6.45, 7) is 6.61. The molecule has 0 aliphatic carbocycles. The highest BCUT2D eigenvalue weighted by atomic mass is 32.1. The van der Waals surface area contributed by atoms with Crippen molar-refractivity contribution in [3.05, 3.63) is 22.7 Å². The lowest BCUT2D eigenvalue weighted by Crippen LogP contribution is -2.34. The first kappa shape index (κ1) is 15.3. The molecule has 110 valence electrons. The van der Waals surface area contributed by atoms with E-state index in [0.29, 0.717) is 23.7 Å². The average Bonchev–Trinajstić information content (AvgIpc) is 2.82. The number of hydrogen-bond donors (Lipinski definition) is 1. The van der Waals surface area contributed by atoms with Crippen LogP contribution in [-0.2, 0) is 0 Å². The minimum atomic E-state index is -0.204. The summed E-state index contributed by atoms with van der Waals surface area (Å²) in [7, 11) is 0. The number of pyridine rings is 1. The number of nitrogens with two attached hydrogens (primary N) is 1. The maximum Gasteiger partial charge on any atom is 0.266 e. The van der Waals surface area contributed by atoms with Crippen molar-refractivity contribution in [2.24, 2.45) is 5.92 Å². The summed E-state index contributed by atoms with van der Waals surface area (Å²) in [6.07, 6.45) is 1.72. The smallest absolute Gasteiger partial charge is 0.266 e. The van der Waals surface area contributed by atoms with Crippen molar-refractivity contribution in [2.75, 3.05) is 18.8 Å². The second kappa shape index (κ2) is 6.10. The monoisotopic (exact) mass is 302 g/mol. The number of nitrogens with zero attached hydrogens (tertiary/aromatic N) is 3. The first-order valence-electron chi connectivity index (χ1n) is 6.82. The van der Waals surface area contributed by atoms with Gasteiger partial charge in [0.15, 0.2) is 0 Å². The molecule has 2 rings (SSSR count). The predicted molar refractivity (Wildman–Crippen MR) is 85.1 cm³/mol. The third-order valence-electron chi connectivity index (χ3n) is 3.42. The van der Waals surface area contributed by atoms with E-state index in [1.807, 2.05) is 19.9 Å². The zero-order chi connectivity index (χ0) is 15.6. The van der Waals surface area contributed by atoms with Crippen molar-refractivity contribution in [2.45, 2.75) is 20.8 Å². The Morgan fingerprint density at radius 3 is 2.90 bits per heavy atom. The van der Waals surface area contributed by atoms with Crippen molar-refractivity contribution in [3.8, 4) is 6.07 Å². The van der Waals surface area contributed by atoms with Gasteiger partial charge in [0.05, 0.1) is 17.7 Å². The molecule has 5 nitrogen and oxygen atoms in total. The van der Waals surface area contributed by atoms with Gasteiger partial charge in [0.1, 0.15) is 9.71 Å². The zero-order valence-electron chi connectivity index (χ0n) is 12.4. The highest BCUT2D eigenvalue weighted by Gasteiger charge is 2.23. The van der Waals surface area contributed by atoms with E-state index in [4.69, 9.17) is 11.0 Å². The van der Waals surface area contributed by atoms with E-state index in [2.05, 4.69) is 11.1 Å². The molecule has 1 amide bonds. The molecule has 0 saturated carbocycles. The van der Waals surface area contributed by atoms with Crippen LogP contribution in [0.3, 0.4) is 0 Å². The van der Waals surface area contributed by atoms with Crippen molar-refractivity contribution < 1.29 is 4.79 Å². The molecule has 21 heavy (non-hydrogen) atoms. The Morgan fingerprint density at radius 1 is 1.62 bits per heavy atom. The number of carbonyl (C=O) groups is 1. The third-order valence-corrected chi connectivity index (χ3v) is 4.52. The molecule has 0 radical (unpaired) electrons. The number of anilines is 1. The van der Waals surface area contributed by atoms with E-state index in [9.17, 15) is 4.79 Å². The second-order valence-corrected chi connectivity index (χ2v) is 6.03. The topological polar surface area (TPSA) is 83.0 Å². The largest absolute Gasteiger partial charge is 0.397 e. The number of hydrogen-bond acceptors (Lipinski definition) is 5. The van der Waals surface area contributed by atoms with Crippen molar-refractivity contribution in [1.82, 2.24) is 9.88 Å². The summed E-state index contributed by atoms with van der Waals surface area (Å²) in [5.41, 5.74) is 7.66. The summed E-state index contributed by atoms with van der Waals surface area (Å²) in [6, 6.07) is 4.04. The lowest BCUT2D eigenvalue weighted by Gasteiger charge is -2.21. The van der Waals surface area contributed by atoms with Gasteiger partial charge in [0, 0.05) is 24.7 Å². The number of nitriles is 1. The van der Waals surface area contributed by atoms with Gasteiger partial charge >= 0.3 is 0 Å². The number of rotatable bonds is 4. The molecule has 0 aliphatic rings. The molecule has 2 heterocycles. The summed E-state index contributed by atoms with van der Waals surface area (Å²) in [5, 5.41) is 9.77. The van der Waals surface area contributed by atoms with Crippen LogP contribution >= 0.6 is 11.3 Å². The Morgan fingerprint density at radius 2 is 2.33 bits per heavy atom. The van der Waals surface area contributed by atoms with Crippen molar-refractivity contribution in [3.63, 3.8) is 0 Å². The highest BCUT2D eigenvalue weighted by Crippen LogP contribution is 2.35. The first-order valence-corrected chi connectivity index (χ1v) is 7.63. The quantitative estimate of drug-likeness (QED) is 0.941. The lowest BCUT2D eigenvalue weighted by atomic mass is 10.1. The number of nitrogen functional groups attached to an aromatic ring is 1. The molecule has 0 aliphatic heterocycles. The first-order chi connectivity index (χ1) is 9.99. The van der Waals surface area contributed by atoms with Gasteiger partial charge in [-0.05, 0) is 32.4 Å². The summed E-state index contributed by atoms with van der Waals surface area (Å²) >= 11 is 1.31. The number of carbonyl (C=O) groups excluding carboxylic acids is 1. The number of fused-ring (bicyclic) bond motifs is 1. The standard InChI is InChI=1S/C15H18N4OS/c1-4-19(8-9(2)7-16)15(20)13-12(17)11-10(3)5-6-18-14(11)21-13/h5-6,9H,4,8,17H2,1-3H3. The molecule has 2 aromatic rings. The SMILES string of the molecule is CCN(CC(C)C#N)C(=O)c1sc2nccc(C)c2c1N. The fourth-order valence-electron chi connectivity index (χ4n) is 2.23.